The standard InChI is InChI=1S/C15H15N3S/c1-10-3-2-4-11(7-10)9-19-15-17-13-6-5-12(16)8-14(13)18-15/h2-8H,9,16H2,1H3,(H,17,18). The largest absolute Gasteiger partial charge is 0.399 e. The van der Waals surface area contributed by atoms with E-state index in [0.717, 1.165) is 27.6 Å². The highest BCUT2D eigenvalue weighted by molar-refractivity contribution is 7.98. The molecule has 0 unspecified atom stereocenters. The Morgan fingerprint density at radius 2 is 2.11 bits per heavy atom. The molecule has 0 aliphatic carbocycles. The summed E-state index contributed by atoms with van der Waals surface area (Å²) in [5.74, 6) is 0.914. The highest BCUT2D eigenvalue weighted by atomic mass is 32.2. The first-order valence-electron chi connectivity index (χ1n) is 6.14. The molecule has 3 aromatic rings. The molecule has 1 aromatic heterocycles. The molecule has 1 heterocycles. The van der Waals surface area contributed by atoms with Gasteiger partial charge >= 0.3 is 0 Å². The van der Waals surface area contributed by atoms with Crippen molar-refractivity contribution in [2.45, 2.75) is 17.8 Å². The molecule has 0 amide bonds. The molecule has 0 spiro atoms. The zero-order valence-corrected chi connectivity index (χ0v) is 11.5. The van der Waals surface area contributed by atoms with Gasteiger partial charge in [0, 0.05) is 11.4 Å². The number of aromatic nitrogens is 2. The number of H-pyrrole nitrogens is 1. The molecule has 0 radical (unpaired) electrons. The van der Waals surface area contributed by atoms with Gasteiger partial charge in [0.2, 0.25) is 0 Å². The predicted octanol–water partition coefficient (Wildman–Crippen LogP) is 3.75. The fraction of sp³-hybridized carbons (Fsp3) is 0.133. The lowest BCUT2D eigenvalue weighted by Crippen LogP contribution is -1.83. The summed E-state index contributed by atoms with van der Waals surface area (Å²) >= 11 is 1.71. The van der Waals surface area contributed by atoms with Gasteiger partial charge in [0.1, 0.15) is 0 Å². The van der Waals surface area contributed by atoms with Crippen LogP contribution < -0.4 is 5.73 Å². The fourth-order valence-corrected chi connectivity index (χ4v) is 2.85. The van der Waals surface area contributed by atoms with Crippen LogP contribution in [0.2, 0.25) is 0 Å². The number of thioether (sulfide) groups is 1. The van der Waals surface area contributed by atoms with E-state index >= 15 is 0 Å². The van der Waals surface area contributed by atoms with E-state index in [9.17, 15) is 0 Å². The van der Waals surface area contributed by atoms with Gasteiger partial charge in [-0.2, -0.15) is 0 Å². The third-order valence-corrected chi connectivity index (χ3v) is 3.89. The Hall–Kier alpha value is -1.94. The van der Waals surface area contributed by atoms with Crippen molar-refractivity contribution < 1.29 is 0 Å². The summed E-state index contributed by atoms with van der Waals surface area (Å²) in [6.45, 7) is 2.11. The molecule has 2 aromatic carbocycles. The van der Waals surface area contributed by atoms with E-state index in [1.165, 1.54) is 11.1 Å². The minimum Gasteiger partial charge on any atom is -0.399 e. The van der Waals surface area contributed by atoms with Gasteiger partial charge in [0.05, 0.1) is 11.0 Å². The van der Waals surface area contributed by atoms with Gasteiger partial charge in [-0.25, -0.2) is 4.98 Å². The van der Waals surface area contributed by atoms with Crippen LogP contribution in [0.1, 0.15) is 11.1 Å². The maximum Gasteiger partial charge on any atom is 0.166 e. The monoisotopic (exact) mass is 269 g/mol. The number of hydrogen-bond acceptors (Lipinski definition) is 3. The van der Waals surface area contributed by atoms with Crippen LogP contribution >= 0.6 is 11.8 Å². The number of aryl methyl sites for hydroxylation is 1. The van der Waals surface area contributed by atoms with E-state index in [4.69, 9.17) is 5.73 Å². The normalized spacial score (nSPS) is 11.0. The van der Waals surface area contributed by atoms with Crippen molar-refractivity contribution in [2.75, 3.05) is 5.73 Å². The van der Waals surface area contributed by atoms with Crippen molar-refractivity contribution in [3.63, 3.8) is 0 Å². The number of nitrogens with two attached hydrogens (primary N) is 1. The molecule has 0 saturated heterocycles. The number of nitrogen functional groups attached to an aromatic ring is 1. The molecule has 0 aliphatic rings. The number of hydrogen-bond donors (Lipinski definition) is 2. The lowest BCUT2D eigenvalue weighted by molar-refractivity contribution is 1.08. The van der Waals surface area contributed by atoms with E-state index in [2.05, 4.69) is 41.2 Å². The number of nitrogens with zero attached hydrogens (tertiary/aromatic N) is 1. The summed E-state index contributed by atoms with van der Waals surface area (Å²) in [5, 5.41) is 0.933. The molecule has 3 nitrogen and oxygen atoms in total. The van der Waals surface area contributed by atoms with Gasteiger partial charge in [-0.15, -0.1) is 0 Å². The Morgan fingerprint density at radius 1 is 1.21 bits per heavy atom. The van der Waals surface area contributed by atoms with Crippen molar-refractivity contribution >= 4 is 28.5 Å². The number of fused-ring (bicyclic) bond motifs is 1. The number of nitrogens with one attached hydrogen (secondary N) is 1. The lowest BCUT2D eigenvalue weighted by atomic mass is 10.2. The average Bonchev–Trinajstić information content (AvgIpc) is 2.78. The Bertz CT molecular complexity index is 718. The first-order valence-corrected chi connectivity index (χ1v) is 7.13. The maximum absolute atomic E-state index is 5.76. The minimum absolute atomic E-state index is 0.756. The molecule has 3 N–H and O–H groups in total. The second-order valence-electron chi connectivity index (χ2n) is 4.60. The van der Waals surface area contributed by atoms with Crippen LogP contribution in [0.4, 0.5) is 5.69 Å². The smallest absolute Gasteiger partial charge is 0.166 e. The van der Waals surface area contributed by atoms with Crippen LogP contribution in [0.5, 0.6) is 0 Å². The topological polar surface area (TPSA) is 54.7 Å². The summed E-state index contributed by atoms with van der Waals surface area (Å²) < 4.78 is 0. The van der Waals surface area contributed by atoms with Crippen LogP contribution in [0.3, 0.4) is 0 Å². The number of rotatable bonds is 3. The van der Waals surface area contributed by atoms with Crippen LogP contribution in [0, 0.1) is 6.92 Å². The van der Waals surface area contributed by atoms with Crippen molar-refractivity contribution in [3.8, 4) is 0 Å². The van der Waals surface area contributed by atoms with Gasteiger partial charge < -0.3 is 10.7 Å². The van der Waals surface area contributed by atoms with Crippen molar-refractivity contribution in [1.29, 1.82) is 0 Å². The Balaban J connectivity index is 1.78. The van der Waals surface area contributed by atoms with Crippen molar-refractivity contribution in [1.82, 2.24) is 9.97 Å². The highest BCUT2D eigenvalue weighted by Gasteiger charge is 2.04. The summed E-state index contributed by atoms with van der Waals surface area (Å²) in [4.78, 5) is 7.84. The van der Waals surface area contributed by atoms with E-state index < -0.39 is 0 Å². The Kier molecular flexibility index (Phi) is 3.17. The summed E-state index contributed by atoms with van der Waals surface area (Å²) in [7, 11) is 0. The van der Waals surface area contributed by atoms with E-state index in [0.29, 0.717) is 0 Å². The van der Waals surface area contributed by atoms with Gasteiger partial charge in [0.25, 0.3) is 0 Å². The van der Waals surface area contributed by atoms with Crippen LogP contribution in [0.25, 0.3) is 11.0 Å². The molecule has 3 rings (SSSR count). The first kappa shape index (κ1) is 12.1. The highest BCUT2D eigenvalue weighted by Crippen LogP contribution is 2.24. The molecule has 96 valence electrons. The summed E-state index contributed by atoms with van der Waals surface area (Å²) in [6.07, 6.45) is 0. The van der Waals surface area contributed by atoms with E-state index in [1.54, 1.807) is 11.8 Å². The molecular formula is C15H15N3S. The second kappa shape index (κ2) is 4.97. The van der Waals surface area contributed by atoms with Crippen molar-refractivity contribution in [3.05, 3.63) is 53.6 Å². The number of aromatic amines is 1. The molecule has 0 saturated carbocycles. The first-order chi connectivity index (χ1) is 9.20. The summed E-state index contributed by atoms with van der Waals surface area (Å²) in [5.41, 5.74) is 11.1. The second-order valence-corrected chi connectivity index (χ2v) is 5.56. The maximum atomic E-state index is 5.76. The van der Waals surface area contributed by atoms with Crippen LogP contribution in [-0.4, -0.2) is 9.97 Å². The van der Waals surface area contributed by atoms with E-state index in [1.807, 2.05) is 18.2 Å². The third-order valence-electron chi connectivity index (χ3n) is 2.94. The number of imidazole rings is 1. The Morgan fingerprint density at radius 3 is 2.95 bits per heavy atom. The molecule has 0 atom stereocenters. The van der Waals surface area contributed by atoms with Gasteiger partial charge in [-0.05, 0) is 30.7 Å². The SMILES string of the molecule is Cc1cccc(CSc2nc3ccc(N)cc3[nH]2)c1. The van der Waals surface area contributed by atoms with E-state index in [-0.39, 0.29) is 0 Å². The van der Waals surface area contributed by atoms with Gasteiger partial charge in [-0.3, -0.25) is 0 Å². The zero-order valence-electron chi connectivity index (χ0n) is 10.7. The van der Waals surface area contributed by atoms with Gasteiger partial charge in [-0.1, -0.05) is 41.6 Å². The van der Waals surface area contributed by atoms with Crippen LogP contribution in [0.15, 0.2) is 47.6 Å². The quantitative estimate of drug-likeness (QED) is 0.562. The molecule has 19 heavy (non-hydrogen) atoms. The van der Waals surface area contributed by atoms with Crippen molar-refractivity contribution in [2.24, 2.45) is 0 Å². The lowest BCUT2D eigenvalue weighted by Gasteiger charge is -2.00. The van der Waals surface area contributed by atoms with Crippen LogP contribution in [-0.2, 0) is 5.75 Å². The molecule has 0 aliphatic heterocycles. The molecule has 4 heteroatoms. The molecular weight excluding hydrogens is 254 g/mol. The molecule has 0 bridgehead atoms. The average molecular weight is 269 g/mol. The third kappa shape index (κ3) is 2.74. The fourth-order valence-electron chi connectivity index (χ4n) is 2.03. The minimum atomic E-state index is 0.756. The Labute approximate surface area is 116 Å². The summed E-state index contributed by atoms with van der Waals surface area (Å²) in [6, 6.07) is 14.3. The number of benzene rings is 2. The van der Waals surface area contributed by atoms with Gasteiger partial charge in [0.15, 0.2) is 5.16 Å². The zero-order chi connectivity index (χ0) is 13.2. The predicted molar refractivity (Wildman–Crippen MR) is 81.2 cm³/mol. The molecule has 0 fully saturated rings. The number of anilines is 1.